The van der Waals surface area contributed by atoms with Gasteiger partial charge in [-0.15, -0.1) is 0 Å². The second kappa shape index (κ2) is 5.64. The maximum absolute atomic E-state index is 13.2. The van der Waals surface area contributed by atoms with Crippen LogP contribution in [0.3, 0.4) is 0 Å². The Hall–Kier alpha value is -2.62. The van der Waals surface area contributed by atoms with Crippen LogP contribution in [-0.2, 0) is 0 Å². The molecule has 0 aliphatic rings. The van der Waals surface area contributed by atoms with Gasteiger partial charge >= 0.3 is 0 Å². The molecule has 0 atom stereocenters. The number of benzene rings is 2. The summed E-state index contributed by atoms with van der Waals surface area (Å²) in [5.74, 6) is -0.0889. The van der Waals surface area contributed by atoms with Gasteiger partial charge in [-0.05, 0) is 41.8 Å². The minimum Gasteiger partial charge on any atom is -0.360 e. The number of aromatic nitrogens is 1. The first-order valence-electron chi connectivity index (χ1n) is 7.22. The molecule has 1 aromatic heterocycles. The highest BCUT2D eigenvalue weighted by Gasteiger charge is 2.12. The van der Waals surface area contributed by atoms with E-state index < -0.39 is 0 Å². The number of hydrogen-bond acceptors (Lipinski definition) is 1. The first-order valence-corrected chi connectivity index (χ1v) is 7.22. The summed E-state index contributed by atoms with van der Waals surface area (Å²) < 4.78 is 13.2. The maximum Gasteiger partial charge on any atom is 0.257 e. The Bertz CT molecular complexity index is 819. The van der Waals surface area contributed by atoms with Crippen LogP contribution < -0.4 is 5.32 Å². The lowest BCUT2D eigenvalue weighted by Gasteiger charge is -2.08. The predicted octanol–water partition coefficient (Wildman–Crippen LogP) is 4.68. The topological polar surface area (TPSA) is 44.9 Å². The quantitative estimate of drug-likeness (QED) is 0.724. The highest BCUT2D eigenvalue weighted by Crippen LogP contribution is 2.21. The molecule has 112 valence electrons. The van der Waals surface area contributed by atoms with Crippen molar-refractivity contribution in [3.63, 3.8) is 0 Å². The van der Waals surface area contributed by atoms with E-state index in [1.165, 1.54) is 17.7 Å². The van der Waals surface area contributed by atoms with Crippen molar-refractivity contribution in [2.75, 3.05) is 5.32 Å². The molecular formula is C18H17FN2O. The van der Waals surface area contributed by atoms with Gasteiger partial charge in [-0.25, -0.2) is 4.39 Å². The number of carbonyl (C=O) groups excluding carboxylic acids is 1. The van der Waals surface area contributed by atoms with Gasteiger partial charge in [0.1, 0.15) is 5.82 Å². The lowest BCUT2D eigenvalue weighted by Crippen LogP contribution is -2.11. The van der Waals surface area contributed by atoms with Crippen LogP contribution in [0.5, 0.6) is 0 Å². The van der Waals surface area contributed by atoms with E-state index in [2.05, 4.69) is 24.1 Å². The Balaban J connectivity index is 1.84. The number of amides is 1. The number of nitrogens with one attached hydrogen (secondary N) is 2. The highest BCUT2D eigenvalue weighted by atomic mass is 19.1. The summed E-state index contributed by atoms with van der Waals surface area (Å²) in [6, 6.07) is 12.1. The van der Waals surface area contributed by atoms with E-state index in [1.54, 1.807) is 12.3 Å². The summed E-state index contributed by atoms with van der Waals surface area (Å²) in [6.07, 6.45) is 1.60. The molecular weight excluding hydrogens is 279 g/mol. The third-order valence-electron chi connectivity index (χ3n) is 3.72. The molecule has 0 bridgehead atoms. The smallest absolute Gasteiger partial charge is 0.257 e. The van der Waals surface area contributed by atoms with Crippen molar-refractivity contribution in [3.8, 4) is 0 Å². The first-order chi connectivity index (χ1) is 10.5. The molecule has 3 nitrogen and oxygen atoms in total. The van der Waals surface area contributed by atoms with Gasteiger partial charge in [-0.3, -0.25) is 4.79 Å². The van der Waals surface area contributed by atoms with Gasteiger partial charge in [0.2, 0.25) is 0 Å². The van der Waals surface area contributed by atoms with Crippen LogP contribution in [0.1, 0.15) is 35.7 Å². The monoisotopic (exact) mass is 296 g/mol. The number of halogens is 1. The summed E-state index contributed by atoms with van der Waals surface area (Å²) in [5, 5.41) is 3.57. The van der Waals surface area contributed by atoms with E-state index in [0.29, 0.717) is 22.4 Å². The standard InChI is InChI=1S/C18H17FN2O/c1-11(2)12-3-6-14(7-4-12)21-18(22)16-10-20-17-9-13(19)5-8-15(16)17/h3-11,20H,1-2H3,(H,21,22). The molecule has 2 aromatic carbocycles. The fourth-order valence-electron chi connectivity index (χ4n) is 2.44. The molecule has 1 heterocycles. The third-order valence-corrected chi connectivity index (χ3v) is 3.72. The Labute approximate surface area is 128 Å². The maximum atomic E-state index is 13.2. The zero-order valence-electron chi connectivity index (χ0n) is 12.5. The molecule has 4 heteroatoms. The second-order valence-electron chi connectivity index (χ2n) is 5.62. The molecule has 0 saturated carbocycles. The summed E-state index contributed by atoms with van der Waals surface area (Å²) in [7, 11) is 0. The van der Waals surface area contributed by atoms with Crippen LogP contribution in [-0.4, -0.2) is 10.9 Å². The minimum absolute atomic E-state index is 0.213. The third kappa shape index (κ3) is 2.72. The van der Waals surface area contributed by atoms with Crippen molar-refractivity contribution in [1.29, 1.82) is 0 Å². The first kappa shape index (κ1) is 14.3. The summed E-state index contributed by atoms with van der Waals surface area (Å²) in [4.78, 5) is 15.3. The Morgan fingerprint density at radius 3 is 2.55 bits per heavy atom. The predicted molar refractivity (Wildman–Crippen MR) is 86.7 cm³/mol. The van der Waals surface area contributed by atoms with Gasteiger partial charge in [0.05, 0.1) is 5.56 Å². The van der Waals surface area contributed by atoms with Crippen LogP contribution in [0.15, 0.2) is 48.7 Å². The van der Waals surface area contributed by atoms with Crippen LogP contribution in [0.4, 0.5) is 10.1 Å². The van der Waals surface area contributed by atoms with E-state index in [4.69, 9.17) is 0 Å². The zero-order valence-corrected chi connectivity index (χ0v) is 12.5. The van der Waals surface area contributed by atoms with Gasteiger partial charge in [-0.2, -0.15) is 0 Å². The SMILES string of the molecule is CC(C)c1ccc(NC(=O)c2c[nH]c3cc(F)ccc23)cc1. The highest BCUT2D eigenvalue weighted by molar-refractivity contribution is 6.12. The minimum atomic E-state index is -0.328. The number of anilines is 1. The number of H-pyrrole nitrogens is 1. The number of hydrogen-bond donors (Lipinski definition) is 2. The molecule has 1 amide bonds. The molecule has 0 aliphatic carbocycles. The van der Waals surface area contributed by atoms with Gasteiger partial charge in [-0.1, -0.05) is 26.0 Å². The molecule has 0 aliphatic heterocycles. The Morgan fingerprint density at radius 2 is 1.86 bits per heavy atom. The Kier molecular flexibility index (Phi) is 3.67. The average Bonchev–Trinajstić information content (AvgIpc) is 2.90. The zero-order chi connectivity index (χ0) is 15.7. The Morgan fingerprint density at radius 1 is 1.14 bits per heavy atom. The summed E-state index contributed by atoms with van der Waals surface area (Å²) in [6.45, 7) is 4.25. The van der Waals surface area contributed by atoms with Crippen LogP contribution in [0.25, 0.3) is 10.9 Å². The summed E-state index contributed by atoms with van der Waals surface area (Å²) >= 11 is 0. The normalized spacial score (nSPS) is 11.1. The molecule has 3 aromatic rings. The molecule has 0 unspecified atom stereocenters. The average molecular weight is 296 g/mol. The molecule has 0 fully saturated rings. The molecule has 3 rings (SSSR count). The van der Waals surface area contributed by atoms with Crippen molar-refractivity contribution in [2.24, 2.45) is 0 Å². The summed E-state index contributed by atoms with van der Waals surface area (Å²) in [5.41, 5.74) is 3.08. The van der Waals surface area contributed by atoms with Crippen LogP contribution >= 0.6 is 0 Å². The molecule has 22 heavy (non-hydrogen) atoms. The van der Waals surface area contributed by atoms with Gasteiger partial charge < -0.3 is 10.3 Å². The van der Waals surface area contributed by atoms with E-state index in [1.807, 2.05) is 24.3 Å². The van der Waals surface area contributed by atoms with Crippen molar-refractivity contribution in [3.05, 3.63) is 65.6 Å². The van der Waals surface area contributed by atoms with Crippen LogP contribution in [0.2, 0.25) is 0 Å². The molecule has 0 radical (unpaired) electrons. The van der Waals surface area contributed by atoms with E-state index in [-0.39, 0.29) is 11.7 Å². The number of fused-ring (bicyclic) bond motifs is 1. The van der Waals surface area contributed by atoms with E-state index in [9.17, 15) is 9.18 Å². The van der Waals surface area contributed by atoms with E-state index >= 15 is 0 Å². The number of aromatic amines is 1. The number of carbonyl (C=O) groups is 1. The van der Waals surface area contributed by atoms with Gasteiger partial charge in [0, 0.05) is 22.8 Å². The lowest BCUT2D eigenvalue weighted by atomic mass is 10.0. The fourth-order valence-corrected chi connectivity index (χ4v) is 2.44. The van der Waals surface area contributed by atoms with Crippen molar-refractivity contribution in [2.45, 2.75) is 19.8 Å². The number of rotatable bonds is 3. The molecule has 0 saturated heterocycles. The van der Waals surface area contributed by atoms with Crippen LogP contribution in [0, 0.1) is 5.82 Å². The molecule has 0 spiro atoms. The van der Waals surface area contributed by atoms with Crippen molar-refractivity contribution in [1.82, 2.24) is 4.98 Å². The van der Waals surface area contributed by atoms with Crippen molar-refractivity contribution >= 4 is 22.5 Å². The van der Waals surface area contributed by atoms with E-state index in [0.717, 1.165) is 5.69 Å². The fraction of sp³-hybridized carbons (Fsp3) is 0.167. The van der Waals surface area contributed by atoms with Gasteiger partial charge in [0.15, 0.2) is 0 Å². The second-order valence-corrected chi connectivity index (χ2v) is 5.62. The van der Waals surface area contributed by atoms with Gasteiger partial charge in [0.25, 0.3) is 5.91 Å². The largest absolute Gasteiger partial charge is 0.360 e. The lowest BCUT2D eigenvalue weighted by molar-refractivity contribution is 0.102. The molecule has 2 N–H and O–H groups in total. The van der Waals surface area contributed by atoms with Crippen molar-refractivity contribution < 1.29 is 9.18 Å².